The van der Waals surface area contributed by atoms with Crippen molar-refractivity contribution < 1.29 is 9.21 Å². The largest absolute Gasteiger partial charge is 0.441 e. The van der Waals surface area contributed by atoms with Gasteiger partial charge in [0.2, 0.25) is 5.91 Å². The molecule has 36 heavy (non-hydrogen) atoms. The average Bonchev–Trinajstić information content (AvgIpc) is 3.33. The number of rotatable bonds is 8. The number of hydrogen-bond donors (Lipinski definition) is 1. The third-order valence-electron chi connectivity index (χ3n) is 6.71. The van der Waals surface area contributed by atoms with Crippen molar-refractivity contribution in [3.63, 3.8) is 0 Å². The molecule has 8 heteroatoms. The highest BCUT2D eigenvalue weighted by Gasteiger charge is 2.25. The topological polar surface area (TPSA) is 93.3 Å². The van der Waals surface area contributed by atoms with E-state index in [1.54, 1.807) is 12.3 Å². The van der Waals surface area contributed by atoms with Crippen LogP contribution in [0, 0.1) is 5.92 Å². The highest BCUT2D eigenvalue weighted by Crippen LogP contribution is 2.24. The molecule has 1 amide bonds. The van der Waals surface area contributed by atoms with E-state index in [1.165, 1.54) is 4.68 Å². The lowest BCUT2D eigenvalue weighted by Gasteiger charge is -2.32. The van der Waals surface area contributed by atoms with Crippen LogP contribution in [-0.4, -0.2) is 33.8 Å². The summed E-state index contributed by atoms with van der Waals surface area (Å²) >= 11 is 0. The molecule has 0 bridgehead atoms. The Hall–Kier alpha value is -3.94. The number of oxazole rings is 1. The van der Waals surface area contributed by atoms with Crippen molar-refractivity contribution in [2.24, 2.45) is 5.92 Å². The lowest BCUT2D eigenvalue weighted by molar-refractivity contribution is -0.120. The summed E-state index contributed by atoms with van der Waals surface area (Å²) in [4.78, 5) is 31.7. The van der Waals surface area contributed by atoms with Gasteiger partial charge in [0.1, 0.15) is 5.52 Å². The third kappa shape index (κ3) is 5.48. The van der Waals surface area contributed by atoms with Gasteiger partial charge in [-0.25, -0.2) is 9.67 Å². The number of anilines is 2. The van der Waals surface area contributed by atoms with Crippen molar-refractivity contribution in [2.75, 3.05) is 23.3 Å². The van der Waals surface area contributed by atoms with Gasteiger partial charge in [0.05, 0.1) is 11.9 Å². The van der Waals surface area contributed by atoms with Crippen LogP contribution in [0.3, 0.4) is 0 Å². The molecule has 0 atom stereocenters. The van der Waals surface area contributed by atoms with Crippen molar-refractivity contribution >= 4 is 28.4 Å². The van der Waals surface area contributed by atoms with E-state index in [-0.39, 0.29) is 17.4 Å². The molecule has 0 unspecified atom stereocenters. The summed E-state index contributed by atoms with van der Waals surface area (Å²) < 4.78 is 7.29. The van der Waals surface area contributed by atoms with Gasteiger partial charge in [0, 0.05) is 43.7 Å². The van der Waals surface area contributed by atoms with Crippen molar-refractivity contribution in [1.29, 1.82) is 0 Å². The lowest BCUT2D eigenvalue weighted by Crippen LogP contribution is -2.39. The maximum Gasteiger partial charge on any atom is 0.268 e. The van der Waals surface area contributed by atoms with Crippen LogP contribution in [0.4, 0.5) is 11.4 Å². The van der Waals surface area contributed by atoms with E-state index in [2.05, 4.69) is 20.3 Å². The molecule has 1 saturated heterocycles. The Kier molecular flexibility index (Phi) is 7.11. The smallest absolute Gasteiger partial charge is 0.268 e. The summed E-state index contributed by atoms with van der Waals surface area (Å²) in [5.74, 6) is 0.733. The van der Waals surface area contributed by atoms with Gasteiger partial charge in [-0.1, -0.05) is 31.2 Å². The molecular formula is C28H31N5O3. The summed E-state index contributed by atoms with van der Waals surface area (Å²) in [5.41, 5.74) is 4.42. The number of aromatic nitrogens is 3. The number of aryl methyl sites for hydroxylation is 3. The van der Waals surface area contributed by atoms with Crippen LogP contribution in [0.25, 0.3) is 11.1 Å². The van der Waals surface area contributed by atoms with Crippen LogP contribution in [-0.2, 0) is 24.2 Å². The average molecular weight is 486 g/mol. The van der Waals surface area contributed by atoms with Crippen molar-refractivity contribution in [3.8, 4) is 0 Å². The van der Waals surface area contributed by atoms with Gasteiger partial charge in [-0.3, -0.25) is 9.59 Å². The van der Waals surface area contributed by atoms with Crippen molar-refractivity contribution in [1.82, 2.24) is 14.8 Å². The normalized spacial score (nSPS) is 14.3. The number of nitrogens with one attached hydrogen (secondary N) is 1. The Balaban J connectivity index is 1.10. The summed E-state index contributed by atoms with van der Waals surface area (Å²) in [5, 5.41) is 7.34. The quantitative estimate of drug-likeness (QED) is 0.397. The Morgan fingerprint density at radius 3 is 2.58 bits per heavy atom. The first kappa shape index (κ1) is 23.8. The summed E-state index contributed by atoms with van der Waals surface area (Å²) in [6.07, 6.45) is 5.65. The Bertz CT molecular complexity index is 1350. The minimum absolute atomic E-state index is 0.0466. The number of nitrogens with zero attached hydrogens (tertiary/aromatic N) is 4. The molecule has 1 aliphatic heterocycles. The first-order valence-corrected chi connectivity index (χ1v) is 12.7. The molecule has 186 valence electrons. The van der Waals surface area contributed by atoms with E-state index in [0.717, 1.165) is 79.1 Å². The highest BCUT2D eigenvalue weighted by atomic mass is 16.3. The van der Waals surface area contributed by atoms with E-state index in [1.807, 2.05) is 55.5 Å². The van der Waals surface area contributed by atoms with Crippen LogP contribution in [0.15, 0.2) is 70.0 Å². The monoisotopic (exact) mass is 485 g/mol. The van der Waals surface area contributed by atoms with Gasteiger partial charge in [-0.15, -0.1) is 0 Å². The van der Waals surface area contributed by atoms with Gasteiger partial charge in [0.25, 0.3) is 5.56 Å². The van der Waals surface area contributed by atoms with Crippen LogP contribution in [0.1, 0.15) is 37.6 Å². The molecule has 5 rings (SSSR count). The van der Waals surface area contributed by atoms with Crippen LogP contribution in [0.5, 0.6) is 0 Å². The zero-order chi connectivity index (χ0) is 24.9. The molecule has 1 N–H and O–H groups in total. The number of piperidine rings is 1. The van der Waals surface area contributed by atoms with Crippen LogP contribution >= 0.6 is 0 Å². The van der Waals surface area contributed by atoms with Crippen LogP contribution in [0.2, 0.25) is 0 Å². The Morgan fingerprint density at radius 1 is 1.08 bits per heavy atom. The number of carbonyl (C=O) groups is 1. The molecule has 1 fully saturated rings. The second-order valence-corrected chi connectivity index (χ2v) is 9.30. The van der Waals surface area contributed by atoms with Crippen LogP contribution < -0.4 is 15.8 Å². The van der Waals surface area contributed by atoms with Gasteiger partial charge in [0.15, 0.2) is 11.5 Å². The van der Waals surface area contributed by atoms with E-state index in [0.29, 0.717) is 6.54 Å². The number of para-hydroxylation sites is 2. The van der Waals surface area contributed by atoms with Crippen molar-refractivity contribution in [3.05, 3.63) is 82.6 Å². The molecule has 1 aliphatic rings. The molecule has 0 radical (unpaired) electrons. The maximum atomic E-state index is 12.8. The second kappa shape index (κ2) is 10.8. The molecule has 0 spiro atoms. The van der Waals surface area contributed by atoms with Gasteiger partial charge < -0.3 is 14.6 Å². The minimum Gasteiger partial charge on any atom is -0.441 e. The molecule has 8 nitrogen and oxygen atoms in total. The first-order valence-electron chi connectivity index (χ1n) is 12.7. The van der Waals surface area contributed by atoms with E-state index in [9.17, 15) is 9.59 Å². The zero-order valence-electron chi connectivity index (χ0n) is 20.5. The standard InChI is InChI=1S/C28H31N5O3/c1-2-15-33-27(34)18-23(19-29-33)32-16-13-21(14-17-32)28(35)30-22-10-7-20(8-11-22)9-12-26-31-24-5-3-4-6-25(24)36-26/h3-8,10-11,18-19,21H,2,9,12-17H2,1H3,(H,30,35). The van der Waals surface area contributed by atoms with Gasteiger partial charge in [-0.05, 0) is 55.5 Å². The molecule has 0 saturated carbocycles. The number of amides is 1. The molecule has 3 heterocycles. The number of hydrogen-bond acceptors (Lipinski definition) is 6. The molecule has 2 aromatic carbocycles. The summed E-state index contributed by atoms with van der Waals surface area (Å²) in [6, 6.07) is 17.4. The van der Waals surface area contributed by atoms with E-state index < -0.39 is 0 Å². The maximum absolute atomic E-state index is 12.8. The second-order valence-electron chi connectivity index (χ2n) is 9.30. The predicted octanol–water partition coefficient (Wildman–Crippen LogP) is 4.43. The lowest BCUT2D eigenvalue weighted by atomic mass is 9.95. The van der Waals surface area contributed by atoms with Gasteiger partial charge in [-0.2, -0.15) is 5.10 Å². The molecule has 0 aliphatic carbocycles. The fraction of sp³-hybridized carbons (Fsp3) is 0.357. The number of fused-ring (bicyclic) bond motifs is 1. The number of carbonyl (C=O) groups excluding carboxylic acids is 1. The van der Waals surface area contributed by atoms with Gasteiger partial charge >= 0.3 is 0 Å². The van der Waals surface area contributed by atoms with E-state index in [4.69, 9.17) is 4.42 Å². The fourth-order valence-electron chi connectivity index (χ4n) is 4.65. The predicted molar refractivity (Wildman–Crippen MR) is 140 cm³/mol. The molecule has 2 aromatic heterocycles. The Labute approximate surface area is 210 Å². The first-order chi connectivity index (χ1) is 17.6. The minimum atomic E-state index is -0.0773. The SMILES string of the molecule is CCCn1ncc(N2CCC(C(=O)Nc3ccc(CCc4nc5ccccc5o4)cc3)CC2)cc1=O. The fourth-order valence-corrected chi connectivity index (χ4v) is 4.65. The Morgan fingerprint density at radius 2 is 1.86 bits per heavy atom. The third-order valence-corrected chi connectivity index (χ3v) is 6.71. The molecule has 4 aromatic rings. The summed E-state index contributed by atoms with van der Waals surface area (Å²) in [7, 11) is 0. The van der Waals surface area contributed by atoms with Crippen molar-refractivity contribution in [2.45, 2.75) is 45.6 Å². The number of benzene rings is 2. The molecular weight excluding hydrogens is 454 g/mol. The zero-order valence-corrected chi connectivity index (χ0v) is 20.5. The van der Waals surface area contributed by atoms with E-state index >= 15 is 0 Å². The summed E-state index contributed by atoms with van der Waals surface area (Å²) in [6.45, 7) is 4.10. The highest BCUT2D eigenvalue weighted by molar-refractivity contribution is 5.92.